The normalized spacial score (nSPS) is 24.0. The summed E-state index contributed by atoms with van der Waals surface area (Å²) in [6, 6.07) is 6.49. The fraction of sp³-hybridized carbons (Fsp3) is 0.333. The predicted molar refractivity (Wildman–Crippen MR) is 62.7 cm³/mol. The van der Waals surface area contributed by atoms with E-state index < -0.39 is 0 Å². The molecule has 0 spiro atoms. The van der Waals surface area contributed by atoms with Gasteiger partial charge in [-0.1, -0.05) is 12.1 Å². The molecule has 17 heavy (non-hydrogen) atoms. The molecule has 3 rings (SSSR count). The Hall–Kier alpha value is -2.04. The second kappa shape index (κ2) is 3.48. The molecule has 1 heterocycles. The number of carbonyl (C=O) groups excluding carboxylic acids is 1. The summed E-state index contributed by atoms with van der Waals surface area (Å²) in [5, 5.41) is 9.26. The third-order valence-corrected chi connectivity index (χ3v) is 3.15. The summed E-state index contributed by atoms with van der Waals surface area (Å²) < 4.78 is 0. The SMILES string of the molecule is NC1=NC(=O)N(C2CC2)C1c1ccc(O)cc1. The quantitative estimate of drug-likeness (QED) is 0.807. The number of benzene rings is 1. The lowest BCUT2D eigenvalue weighted by atomic mass is 10.1. The largest absolute Gasteiger partial charge is 0.508 e. The number of aromatic hydroxyl groups is 1. The average Bonchev–Trinajstić information content (AvgIpc) is 3.07. The second-order valence-corrected chi connectivity index (χ2v) is 4.45. The Morgan fingerprint density at radius 3 is 2.53 bits per heavy atom. The predicted octanol–water partition coefficient (Wildman–Crippen LogP) is 1.39. The summed E-state index contributed by atoms with van der Waals surface area (Å²) >= 11 is 0. The lowest BCUT2D eigenvalue weighted by molar-refractivity contribution is 0.203. The zero-order valence-corrected chi connectivity index (χ0v) is 9.21. The van der Waals surface area contributed by atoms with Crippen molar-refractivity contribution in [3.63, 3.8) is 0 Å². The number of phenols is 1. The number of urea groups is 1. The third kappa shape index (κ3) is 1.63. The molecule has 1 aromatic carbocycles. The van der Waals surface area contributed by atoms with Gasteiger partial charge in [0.05, 0.1) is 0 Å². The number of aliphatic imine (C=N–C) groups is 1. The Morgan fingerprint density at radius 1 is 1.29 bits per heavy atom. The summed E-state index contributed by atoms with van der Waals surface area (Å²) in [7, 11) is 0. The van der Waals surface area contributed by atoms with Crippen molar-refractivity contribution in [1.29, 1.82) is 0 Å². The van der Waals surface area contributed by atoms with Gasteiger partial charge < -0.3 is 15.7 Å². The molecule has 0 aromatic heterocycles. The first-order valence-corrected chi connectivity index (χ1v) is 5.62. The van der Waals surface area contributed by atoms with Gasteiger partial charge in [0, 0.05) is 6.04 Å². The van der Waals surface area contributed by atoms with Crippen molar-refractivity contribution in [3.8, 4) is 5.75 Å². The molecule has 5 heteroatoms. The Bertz CT molecular complexity index is 491. The lowest BCUT2D eigenvalue weighted by Crippen LogP contribution is -2.34. The van der Waals surface area contributed by atoms with Gasteiger partial charge in [0.2, 0.25) is 0 Å². The van der Waals surface area contributed by atoms with Crippen LogP contribution < -0.4 is 5.73 Å². The molecule has 0 radical (unpaired) electrons. The molecule has 1 unspecified atom stereocenters. The second-order valence-electron chi connectivity index (χ2n) is 4.45. The summed E-state index contributed by atoms with van der Waals surface area (Å²) in [5.74, 6) is 0.541. The smallest absolute Gasteiger partial charge is 0.346 e. The molecule has 0 saturated heterocycles. The van der Waals surface area contributed by atoms with E-state index in [2.05, 4.69) is 4.99 Å². The van der Waals surface area contributed by atoms with Crippen LogP contribution in [-0.2, 0) is 0 Å². The Labute approximate surface area is 98.6 Å². The molecule has 5 nitrogen and oxygen atoms in total. The average molecular weight is 231 g/mol. The Morgan fingerprint density at radius 2 is 1.94 bits per heavy atom. The molecule has 2 aliphatic rings. The maximum atomic E-state index is 11.7. The first-order chi connectivity index (χ1) is 8.16. The highest BCUT2D eigenvalue weighted by atomic mass is 16.3. The molecule has 1 fully saturated rings. The lowest BCUT2D eigenvalue weighted by Gasteiger charge is -2.24. The number of amides is 2. The van der Waals surface area contributed by atoms with E-state index in [1.807, 2.05) is 0 Å². The van der Waals surface area contributed by atoms with Crippen LogP contribution in [0.5, 0.6) is 5.75 Å². The number of rotatable bonds is 2. The van der Waals surface area contributed by atoms with Crippen LogP contribution in [0.3, 0.4) is 0 Å². The molecule has 1 atom stereocenters. The van der Waals surface area contributed by atoms with Crippen molar-refractivity contribution in [2.24, 2.45) is 10.7 Å². The van der Waals surface area contributed by atoms with Gasteiger partial charge in [-0.15, -0.1) is 0 Å². The molecule has 88 valence electrons. The van der Waals surface area contributed by atoms with Crippen LogP contribution in [0.1, 0.15) is 24.4 Å². The zero-order chi connectivity index (χ0) is 12.0. The van der Waals surface area contributed by atoms with E-state index in [0.717, 1.165) is 18.4 Å². The molecule has 1 aromatic rings. The van der Waals surface area contributed by atoms with E-state index in [0.29, 0.717) is 5.84 Å². The van der Waals surface area contributed by atoms with E-state index in [1.54, 1.807) is 29.2 Å². The summed E-state index contributed by atoms with van der Waals surface area (Å²) in [6.45, 7) is 0. The highest BCUT2D eigenvalue weighted by molar-refractivity contribution is 6.03. The highest BCUT2D eigenvalue weighted by Gasteiger charge is 2.43. The Kier molecular flexibility index (Phi) is 2.07. The van der Waals surface area contributed by atoms with Crippen LogP contribution in [0.2, 0.25) is 0 Å². The molecule has 0 bridgehead atoms. The fourth-order valence-electron chi connectivity index (χ4n) is 2.19. The topological polar surface area (TPSA) is 78.9 Å². The van der Waals surface area contributed by atoms with Gasteiger partial charge in [-0.3, -0.25) is 0 Å². The van der Waals surface area contributed by atoms with Gasteiger partial charge >= 0.3 is 6.03 Å². The minimum Gasteiger partial charge on any atom is -0.508 e. The molecular weight excluding hydrogens is 218 g/mol. The first kappa shape index (κ1) is 10.1. The van der Waals surface area contributed by atoms with Gasteiger partial charge in [-0.05, 0) is 30.5 Å². The molecule has 2 amide bonds. The number of nitrogens with two attached hydrogens (primary N) is 1. The van der Waals surface area contributed by atoms with Crippen LogP contribution >= 0.6 is 0 Å². The van der Waals surface area contributed by atoms with Crippen LogP contribution in [0.25, 0.3) is 0 Å². The number of carbonyl (C=O) groups is 1. The number of hydrogen-bond donors (Lipinski definition) is 2. The minimum atomic E-state index is -0.268. The molecule has 1 saturated carbocycles. The van der Waals surface area contributed by atoms with Gasteiger partial charge in [-0.2, -0.15) is 4.99 Å². The monoisotopic (exact) mass is 231 g/mol. The summed E-state index contributed by atoms with van der Waals surface area (Å²) in [4.78, 5) is 17.3. The van der Waals surface area contributed by atoms with Gasteiger partial charge in [0.1, 0.15) is 17.6 Å². The standard InChI is InChI=1S/C12H13N3O2/c13-11-10(7-1-5-9(16)6-2-7)15(8-3-4-8)12(17)14-11/h1-2,5-6,8,10,16H,3-4H2,(H2,13,14,17). The molecule has 3 N–H and O–H groups in total. The van der Waals surface area contributed by atoms with E-state index in [-0.39, 0.29) is 23.9 Å². The summed E-state index contributed by atoms with van der Waals surface area (Å²) in [6.07, 6.45) is 2.03. The van der Waals surface area contributed by atoms with Crippen LogP contribution in [-0.4, -0.2) is 27.9 Å². The van der Waals surface area contributed by atoms with Crippen LogP contribution in [0, 0.1) is 0 Å². The number of nitrogens with zero attached hydrogens (tertiary/aromatic N) is 2. The summed E-state index contributed by atoms with van der Waals surface area (Å²) in [5.41, 5.74) is 6.71. The zero-order valence-electron chi connectivity index (χ0n) is 9.21. The Balaban J connectivity index is 1.96. The van der Waals surface area contributed by atoms with Crippen molar-refractivity contribution in [2.45, 2.75) is 24.9 Å². The molecular formula is C12H13N3O2. The van der Waals surface area contributed by atoms with Gasteiger partial charge in [0.25, 0.3) is 0 Å². The van der Waals surface area contributed by atoms with Crippen LogP contribution in [0.4, 0.5) is 4.79 Å². The fourth-order valence-corrected chi connectivity index (χ4v) is 2.19. The van der Waals surface area contributed by atoms with E-state index >= 15 is 0 Å². The number of phenolic OH excluding ortho intramolecular Hbond substituents is 1. The van der Waals surface area contributed by atoms with Gasteiger partial charge in [0.15, 0.2) is 0 Å². The number of hydrogen-bond acceptors (Lipinski definition) is 3. The van der Waals surface area contributed by atoms with Crippen molar-refractivity contribution >= 4 is 11.9 Å². The number of amidine groups is 1. The maximum absolute atomic E-state index is 11.7. The van der Waals surface area contributed by atoms with E-state index in [1.165, 1.54) is 0 Å². The maximum Gasteiger partial charge on any atom is 0.346 e. The van der Waals surface area contributed by atoms with E-state index in [9.17, 15) is 9.90 Å². The van der Waals surface area contributed by atoms with Crippen molar-refractivity contribution in [1.82, 2.24) is 4.90 Å². The first-order valence-electron chi connectivity index (χ1n) is 5.62. The van der Waals surface area contributed by atoms with E-state index in [4.69, 9.17) is 5.73 Å². The van der Waals surface area contributed by atoms with Gasteiger partial charge in [-0.25, -0.2) is 4.79 Å². The van der Waals surface area contributed by atoms with Crippen molar-refractivity contribution in [2.75, 3.05) is 0 Å². The molecule has 1 aliphatic heterocycles. The van der Waals surface area contributed by atoms with Crippen LogP contribution in [0.15, 0.2) is 29.3 Å². The minimum absolute atomic E-state index is 0.201. The third-order valence-electron chi connectivity index (χ3n) is 3.15. The highest BCUT2D eigenvalue weighted by Crippen LogP contribution is 2.38. The van der Waals surface area contributed by atoms with Crippen molar-refractivity contribution < 1.29 is 9.90 Å². The van der Waals surface area contributed by atoms with Crippen molar-refractivity contribution in [3.05, 3.63) is 29.8 Å². The molecule has 1 aliphatic carbocycles.